The topological polar surface area (TPSA) is 77.8 Å². The van der Waals surface area contributed by atoms with Gasteiger partial charge in [-0.1, -0.05) is 6.92 Å². The summed E-state index contributed by atoms with van der Waals surface area (Å²) in [6.45, 7) is 3.76. The average Bonchev–Trinajstić information content (AvgIpc) is 2.70. The van der Waals surface area contributed by atoms with Crippen LogP contribution in [0.5, 0.6) is 17.2 Å². The van der Waals surface area contributed by atoms with Crippen LogP contribution in [0.15, 0.2) is 57.9 Å². The second-order valence-electron chi connectivity index (χ2n) is 6.31. The van der Waals surface area contributed by atoms with Crippen molar-refractivity contribution in [2.45, 2.75) is 26.3 Å². The Balaban J connectivity index is 1.74. The fraction of sp³-hybridized carbons (Fsp3) is 0.238. The van der Waals surface area contributed by atoms with E-state index in [-0.39, 0.29) is 29.7 Å². The second-order valence-corrected chi connectivity index (χ2v) is 6.31. The standard InChI is InChI=1S/C21H20FNO5/c1-3-13(2)23-20(24)12-26-16-8-9-17-18(10-16)27-11-19(21(17)25)28-15-6-4-14(22)5-7-15/h4-11,13H,3,12H2,1-2H3,(H,23,24)/t13-/m0/s1. The number of rotatable bonds is 7. The third kappa shape index (κ3) is 4.68. The molecule has 1 heterocycles. The van der Waals surface area contributed by atoms with Crippen molar-refractivity contribution in [1.29, 1.82) is 0 Å². The Bertz CT molecular complexity index is 1030. The van der Waals surface area contributed by atoms with Crippen molar-refractivity contribution >= 4 is 16.9 Å². The van der Waals surface area contributed by atoms with E-state index in [1.54, 1.807) is 12.1 Å². The van der Waals surface area contributed by atoms with Gasteiger partial charge in [-0.05, 0) is 49.7 Å². The molecule has 6 nitrogen and oxygen atoms in total. The van der Waals surface area contributed by atoms with Gasteiger partial charge in [-0.2, -0.15) is 0 Å². The minimum absolute atomic E-state index is 0.0132. The minimum atomic E-state index is -0.400. The molecule has 0 spiro atoms. The Hall–Kier alpha value is -3.35. The zero-order valence-corrected chi connectivity index (χ0v) is 15.5. The predicted molar refractivity (Wildman–Crippen MR) is 102 cm³/mol. The molecule has 1 amide bonds. The summed E-state index contributed by atoms with van der Waals surface area (Å²) in [4.78, 5) is 24.4. The van der Waals surface area contributed by atoms with E-state index in [9.17, 15) is 14.0 Å². The van der Waals surface area contributed by atoms with Crippen LogP contribution in [0.3, 0.4) is 0 Å². The second kappa shape index (κ2) is 8.56. The van der Waals surface area contributed by atoms with Crippen LogP contribution in [0.4, 0.5) is 4.39 Å². The molecule has 0 radical (unpaired) electrons. The molecule has 28 heavy (non-hydrogen) atoms. The molecular weight excluding hydrogens is 365 g/mol. The molecule has 0 saturated heterocycles. The number of hydrogen-bond acceptors (Lipinski definition) is 5. The number of benzene rings is 2. The number of ether oxygens (including phenoxy) is 2. The SMILES string of the molecule is CC[C@H](C)NC(=O)COc1ccc2c(=O)c(Oc3ccc(F)cc3)coc2c1. The zero-order chi connectivity index (χ0) is 20.1. The summed E-state index contributed by atoms with van der Waals surface area (Å²) in [5, 5.41) is 3.10. The molecule has 7 heteroatoms. The van der Waals surface area contributed by atoms with Gasteiger partial charge in [0.25, 0.3) is 5.91 Å². The van der Waals surface area contributed by atoms with Crippen LogP contribution in [-0.4, -0.2) is 18.6 Å². The largest absolute Gasteiger partial charge is 0.484 e. The van der Waals surface area contributed by atoms with E-state index >= 15 is 0 Å². The van der Waals surface area contributed by atoms with Gasteiger partial charge in [-0.15, -0.1) is 0 Å². The first-order valence-corrected chi connectivity index (χ1v) is 8.87. The van der Waals surface area contributed by atoms with Crippen molar-refractivity contribution in [2.24, 2.45) is 0 Å². The molecule has 1 atom stereocenters. The van der Waals surface area contributed by atoms with Gasteiger partial charge in [-0.25, -0.2) is 4.39 Å². The Morgan fingerprint density at radius 3 is 2.61 bits per heavy atom. The molecule has 0 aliphatic heterocycles. The highest BCUT2D eigenvalue weighted by Gasteiger charge is 2.11. The van der Waals surface area contributed by atoms with Crippen molar-refractivity contribution in [3.05, 3.63) is 64.8 Å². The minimum Gasteiger partial charge on any atom is -0.484 e. The van der Waals surface area contributed by atoms with Crippen LogP contribution in [-0.2, 0) is 4.79 Å². The van der Waals surface area contributed by atoms with E-state index in [2.05, 4.69) is 5.32 Å². The summed E-state index contributed by atoms with van der Waals surface area (Å²) in [7, 11) is 0. The number of fused-ring (bicyclic) bond motifs is 1. The summed E-state index contributed by atoms with van der Waals surface area (Å²) in [6.07, 6.45) is 2.02. The smallest absolute Gasteiger partial charge is 0.258 e. The highest BCUT2D eigenvalue weighted by atomic mass is 19.1. The van der Waals surface area contributed by atoms with Crippen LogP contribution < -0.4 is 20.2 Å². The Morgan fingerprint density at radius 1 is 1.18 bits per heavy atom. The van der Waals surface area contributed by atoms with Crippen LogP contribution in [0.1, 0.15) is 20.3 Å². The van der Waals surface area contributed by atoms with Crippen molar-refractivity contribution in [2.75, 3.05) is 6.61 Å². The van der Waals surface area contributed by atoms with Gasteiger partial charge in [0.2, 0.25) is 11.2 Å². The number of amides is 1. The molecule has 0 unspecified atom stereocenters. The lowest BCUT2D eigenvalue weighted by Crippen LogP contribution is -2.35. The van der Waals surface area contributed by atoms with E-state index in [1.807, 2.05) is 13.8 Å². The van der Waals surface area contributed by atoms with E-state index < -0.39 is 5.82 Å². The Kier molecular flexibility index (Phi) is 5.93. The highest BCUT2D eigenvalue weighted by Crippen LogP contribution is 2.24. The molecule has 3 rings (SSSR count). The van der Waals surface area contributed by atoms with E-state index in [1.165, 1.54) is 36.6 Å². The number of halogens is 1. The maximum atomic E-state index is 13.0. The molecule has 146 valence electrons. The van der Waals surface area contributed by atoms with Gasteiger partial charge in [0.05, 0.1) is 5.39 Å². The Morgan fingerprint density at radius 2 is 1.89 bits per heavy atom. The predicted octanol–water partition coefficient (Wildman–Crippen LogP) is 4.02. The number of carbonyl (C=O) groups excluding carboxylic acids is 1. The maximum Gasteiger partial charge on any atom is 0.258 e. The van der Waals surface area contributed by atoms with Gasteiger partial charge in [0.15, 0.2) is 6.61 Å². The van der Waals surface area contributed by atoms with Crippen LogP contribution >= 0.6 is 0 Å². The number of nitrogens with one attached hydrogen (secondary N) is 1. The quantitative estimate of drug-likeness (QED) is 0.665. The van der Waals surface area contributed by atoms with Crippen molar-refractivity contribution in [3.63, 3.8) is 0 Å². The normalized spacial score (nSPS) is 11.8. The summed E-state index contributed by atoms with van der Waals surface area (Å²) < 4.78 is 29.4. The third-order valence-electron chi connectivity index (χ3n) is 4.15. The molecule has 0 saturated carbocycles. The van der Waals surface area contributed by atoms with Crippen molar-refractivity contribution < 1.29 is 23.1 Å². The molecular formula is C21H20FNO5. The lowest BCUT2D eigenvalue weighted by Gasteiger charge is -2.12. The lowest BCUT2D eigenvalue weighted by atomic mass is 10.2. The fourth-order valence-corrected chi connectivity index (χ4v) is 2.45. The van der Waals surface area contributed by atoms with Crippen molar-refractivity contribution in [1.82, 2.24) is 5.32 Å². The van der Waals surface area contributed by atoms with Gasteiger partial charge in [-0.3, -0.25) is 9.59 Å². The molecule has 1 aromatic heterocycles. The van der Waals surface area contributed by atoms with Gasteiger partial charge >= 0.3 is 0 Å². The number of hydrogen-bond donors (Lipinski definition) is 1. The summed E-state index contributed by atoms with van der Waals surface area (Å²) in [5.74, 6) is 0.0883. The molecule has 0 bridgehead atoms. The molecule has 2 aromatic carbocycles. The molecule has 0 aliphatic carbocycles. The lowest BCUT2D eigenvalue weighted by molar-refractivity contribution is -0.123. The van der Waals surface area contributed by atoms with Crippen LogP contribution in [0, 0.1) is 5.82 Å². The summed E-state index contributed by atoms with van der Waals surface area (Å²) >= 11 is 0. The average molecular weight is 385 g/mol. The van der Waals surface area contributed by atoms with Gasteiger partial charge in [0, 0.05) is 12.1 Å². The first-order valence-electron chi connectivity index (χ1n) is 8.87. The maximum absolute atomic E-state index is 13.0. The number of carbonyl (C=O) groups is 1. The van der Waals surface area contributed by atoms with Crippen molar-refractivity contribution in [3.8, 4) is 17.2 Å². The van der Waals surface area contributed by atoms with E-state index in [4.69, 9.17) is 13.9 Å². The van der Waals surface area contributed by atoms with Crippen LogP contribution in [0.25, 0.3) is 11.0 Å². The first kappa shape index (κ1) is 19.4. The molecule has 1 N–H and O–H groups in total. The van der Waals surface area contributed by atoms with Crippen LogP contribution in [0.2, 0.25) is 0 Å². The Labute approximate surface area is 160 Å². The molecule has 0 fully saturated rings. The highest BCUT2D eigenvalue weighted by molar-refractivity contribution is 5.80. The first-order chi connectivity index (χ1) is 13.5. The van der Waals surface area contributed by atoms with E-state index in [0.29, 0.717) is 22.5 Å². The monoisotopic (exact) mass is 385 g/mol. The zero-order valence-electron chi connectivity index (χ0n) is 15.5. The van der Waals surface area contributed by atoms with Gasteiger partial charge < -0.3 is 19.2 Å². The molecule has 0 aliphatic rings. The van der Waals surface area contributed by atoms with Gasteiger partial charge in [0.1, 0.15) is 29.2 Å². The third-order valence-corrected chi connectivity index (χ3v) is 4.15. The van der Waals surface area contributed by atoms with E-state index in [0.717, 1.165) is 6.42 Å². The summed E-state index contributed by atoms with van der Waals surface area (Å²) in [6, 6.07) is 10.0. The summed E-state index contributed by atoms with van der Waals surface area (Å²) in [5.41, 5.74) is -0.0667. The molecule has 3 aromatic rings. The fourth-order valence-electron chi connectivity index (χ4n) is 2.45.